The van der Waals surface area contributed by atoms with Gasteiger partial charge in [0.15, 0.2) is 0 Å². The fraction of sp³-hybridized carbons (Fsp3) is 0.667. The van der Waals surface area contributed by atoms with E-state index in [0.29, 0.717) is 0 Å². The van der Waals surface area contributed by atoms with Gasteiger partial charge in [-0.1, -0.05) is 13.8 Å². The highest BCUT2D eigenvalue weighted by Crippen LogP contribution is 2.60. The minimum Gasteiger partial charge on any atom is -0.320 e. The van der Waals surface area contributed by atoms with E-state index in [9.17, 15) is 0 Å². The van der Waals surface area contributed by atoms with Gasteiger partial charge in [-0.05, 0) is 18.8 Å². The van der Waals surface area contributed by atoms with Crippen LogP contribution in [-0.4, -0.2) is 4.98 Å². The molecule has 2 rings (SSSR count). The van der Waals surface area contributed by atoms with Crippen molar-refractivity contribution in [3.05, 3.63) is 16.1 Å². The molecule has 12 heavy (non-hydrogen) atoms. The maximum absolute atomic E-state index is 6.20. The summed E-state index contributed by atoms with van der Waals surface area (Å²) < 4.78 is 0. The number of nitrogens with two attached hydrogens (primary N) is 1. The first-order valence-electron chi connectivity index (χ1n) is 4.17. The lowest BCUT2D eigenvalue weighted by Crippen LogP contribution is -2.25. The summed E-state index contributed by atoms with van der Waals surface area (Å²) >= 11 is 1.68. The van der Waals surface area contributed by atoms with Crippen molar-refractivity contribution in [2.45, 2.75) is 32.7 Å². The number of nitrogens with zero attached hydrogens (tertiary/aromatic N) is 1. The van der Waals surface area contributed by atoms with Crippen molar-refractivity contribution in [1.29, 1.82) is 0 Å². The molecule has 1 atom stereocenters. The predicted octanol–water partition coefficient (Wildman–Crippen LogP) is 2.04. The lowest BCUT2D eigenvalue weighted by Gasteiger charge is -2.11. The zero-order chi connectivity index (χ0) is 8.98. The standard InChI is InChI=1S/C9H14N2S/c1-6-11-7(4-12-6)9(10)5-8(9,2)3/h4H,5,10H2,1-3H3. The Kier molecular flexibility index (Phi) is 1.43. The second kappa shape index (κ2) is 2.09. The molecule has 0 aliphatic heterocycles. The Morgan fingerprint density at radius 1 is 1.58 bits per heavy atom. The maximum atomic E-state index is 6.20. The Balaban J connectivity index is 2.34. The summed E-state index contributed by atoms with van der Waals surface area (Å²) in [6.07, 6.45) is 1.06. The normalized spacial score (nSPS) is 32.0. The second-order valence-corrected chi connectivity index (χ2v) is 5.35. The van der Waals surface area contributed by atoms with E-state index in [1.807, 2.05) is 6.92 Å². The summed E-state index contributed by atoms with van der Waals surface area (Å²) in [5.41, 5.74) is 7.38. The molecule has 2 N–H and O–H groups in total. The first-order valence-corrected chi connectivity index (χ1v) is 5.05. The smallest absolute Gasteiger partial charge is 0.0898 e. The quantitative estimate of drug-likeness (QED) is 0.721. The van der Waals surface area contributed by atoms with Gasteiger partial charge >= 0.3 is 0 Å². The third-order valence-electron chi connectivity index (χ3n) is 2.88. The van der Waals surface area contributed by atoms with E-state index in [2.05, 4.69) is 24.2 Å². The average Bonchev–Trinajstić information content (AvgIpc) is 2.37. The highest BCUT2D eigenvalue weighted by molar-refractivity contribution is 7.09. The van der Waals surface area contributed by atoms with Crippen molar-refractivity contribution in [3.8, 4) is 0 Å². The van der Waals surface area contributed by atoms with Crippen LogP contribution in [0.15, 0.2) is 5.38 Å². The van der Waals surface area contributed by atoms with Gasteiger partial charge in [0.2, 0.25) is 0 Å². The van der Waals surface area contributed by atoms with E-state index in [4.69, 9.17) is 5.73 Å². The third kappa shape index (κ3) is 0.930. The minimum absolute atomic E-state index is 0.141. The Morgan fingerprint density at radius 3 is 2.50 bits per heavy atom. The molecule has 0 spiro atoms. The molecule has 66 valence electrons. The Morgan fingerprint density at radius 2 is 2.17 bits per heavy atom. The van der Waals surface area contributed by atoms with Gasteiger partial charge in [-0.3, -0.25) is 0 Å². The highest BCUT2D eigenvalue weighted by Gasteiger charge is 2.60. The van der Waals surface area contributed by atoms with Crippen LogP contribution in [0, 0.1) is 12.3 Å². The van der Waals surface area contributed by atoms with Crippen LogP contribution in [0.3, 0.4) is 0 Å². The van der Waals surface area contributed by atoms with Crippen LogP contribution in [0.25, 0.3) is 0 Å². The summed E-state index contributed by atoms with van der Waals surface area (Å²) in [7, 11) is 0. The van der Waals surface area contributed by atoms with Crippen molar-refractivity contribution >= 4 is 11.3 Å². The summed E-state index contributed by atoms with van der Waals surface area (Å²) in [5, 5.41) is 3.20. The van der Waals surface area contributed by atoms with Crippen LogP contribution in [0.5, 0.6) is 0 Å². The molecule has 0 bridgehead atoms. The van der Waals surface area contributed by atoms with Crippen molar-refractivity contribution < 1.29 is 0 Å². The third-order valence-corrected chi connectivity index (χ3v) is 3.65. The van der Waals surface area contributed by atoms with Crippen molar-refractivity contribution in [2.75, 3.05) is 0 Å². The van der Waals surface area contributed by atoms with Gasteiger partial charge in [-0.25, -0.2) is 4.98 Å². The van der Waals surface area contributed by atoms with Crippen LogP contribution in [0.4, 0.5) is 0 Å². The zero-order valence-corrected chi connectivity index (χ0v) is 8.53. The molecule has 0 aromatic carbocycles. The lowest BCUT2D eigenvalue weighted by atomic mass is 10.0. The minimum atomic E-state index is -0.141. The Hall–Kier alpha value is -0.410. The number of hydrogen-bond acceptors (Lipinski definition) is 3. The van der Waals surface area contributed by atoms with Crippen LogP contribution in [0.1, 0.15) is 31.0 Å². The monoisotopic (exact) mass is 182 g/mol. The molecular formula is C9H14N2S. The number of thiazole rings is 1. The molecule has 3 heteroatoms. The van der Waals surface area contributed by atoms with E-state index in [1.165, 1.54) is 0 Å². The van der Waals surface area contributed by atoms with Gasteiger partial charge in [0, 0.05) is 5.38 Å². The van der Waals surface area contributed by atoms with Gasteiger partial charge in [-0.15, -0.1) is 11.3 Å². The summed E-state index contributed by atoms with van der Waals surface area (Å²) in [5.74, 6) is 0. The van der Waals surface area contributed by atoms with E-state index in [1.54, 1.807) is 11.3 Å². The number of aromatic nitrogens is 1. The van der Waals surface area contributed by atoms with E-state index >= 15 is 0 Å². The molecule has 1 aliphatic carbocycles. The van der Waals surface area contributed by atoms with Gasteiger partial charge in [0.1, 0.15) is 0 Å². The van der Waals surface area contributed by atoms with Crippen molar-refractivity contribution in [1.82, 2.24) is 4.98 Å². The highest BCUT2D eigenvalue weighted by atomic mass is 32.1. The maximum Gasteiger partial charge on any atom is 0.0898 e. The van der Waals surface area contributed by atoms with Gasteiger partial charge in [0.25, 0.3) is 0 Å². The van der Waals surface area contributed by atoms with Crippen LogP contribution in [-0.2, 0) is 5.54 Å². The van der Waals surface area contributed by atoms with E-state index in [0.717, 1.165) is 17.1 Å². The van der Waals surface area contributed by atoms with Gasteiger partial charge in [-0.2, -0.15) is 0 Å². The molecule has 0 amide bonds. The molecule has 1 unspecified atom stereocenters. The molecule has 1 aromatic heterocycles. The van der Waals surface area contributed by atoms with Gasteiger partial charge < -0.3 is 5.73 Å². The van der Waals surface area contributed by atoms with Crippen molar-refractivity contribution in [3.63, 3.8) is 0 Å². The molecule has 1 fully saturated rings. The second-order valence-electron chi connectivity index (χ2n) is 4.28. The molecule has 2 nitrogen and oxygen atoms in total. The molecule has 0 radical (unpaired) electrons. The van der Waals surface area contributed by atoms with Crippen molar-refractivity contribution in [2.24, 2.45) is 11.1 Å². The fourth-order valence-electron chi connectivity index (χ4n) is 1.66. The average molecular weight is 182 g/mol. The zero-order valence-electron chi connectivity index (χ0n) is 7.72. The first-order chi connectivity index (χ1) is 5.46. The summed E-state index contributed by atoms with van der Waals surface area (Å²) in [6.45, 7) is 6.41. The first kappa shape index (κ1) is 8.20. The Bertz CT molecular complexity index is 316. The molecule has 1 aliphatic rings. The largest absolute Gasteiger partial charge is 0.320 e. The van der Waals surface area contributed by atoms with E-state index in [-0.39, 0.29) is 11.0 Å². The number of aryl methyl sites for hydroxylation is 1. The number of hydrogen-bond donors (Lipinski definition) is 1. The molecule has 1 saturated carbocycles. The molecule has 1 aromatic rings. The molecular weight excluding hydrogens is 168 g/mol. The summed E-state index contributed by atoms with van der Waals surface area (Å²) in [4.78, 5) is 4.43. The topological polar surface area (TPSA) is 38.9 Å². The lowest BCUT2D eigenvalue weighted by molar-refractivity contribution is 0.501. The van der Waals surface area contributed by atoms with Gasteiger partial charge in [0.05, 0.1) is 16.2 Å². The SMILES string of the molecule is Cc1nc(C2(N)CC2(C)C)cs1. The molecule has 1 heterocycles. The van der Waals surface area contributed by atoms with Crippen LogP contribution >= 0.6 is 11.3 Å². The number of rotatable bonds is 1. The fourth-order valence-corrected chi connectivity index (χ4v) is 2.35. The summed E-state index contributed by atoms with van der Waals surface area (Å²) in [6, 6.07) is 0. The molecule has 0 saturated heterocycles. The van der Waals surface area contributed by atoms with Crippen LogP contribution < -0.4 is 5.73 Å². The van der Waals surface area contributed by atoms with Crippen LogP contribution in [0.2, 0.25) is 0 Å². The predicted molar refractivity (Wildman–Crippen MR) is 51.1 cm³/mol. The van der Waals surface area contributed by atoms with E-state index < -0.39 is 0 Å². The Labute approximate surface area is 76.8 Å².